The van der Waals surface area contributed by atoms with Crippen LogP contribution in [0.2, 0.25) is 18.1 Å². The second-order valence-corrected chi connectivity index (χ2v) is 22.5. The van der Waals surface area contributed by atoms with Gasteiger partial charge in [0.1, 0.15) is 0 Å². The predicted molar refractivity (Wildman–Crippen MR) is 215 cm³/mol. The molecule has 2 aliphatic heterocycles. The first-order chi connectivity index (χ1) is 25.1. The molecule has 0 spiro atoms. The van der Waals surface area contributed by atoms with Crippen molar-refractivity contribution in [1.82, 2.24) is 0 Å². The lowest BCUT2D eigenvalue weighted by Gasteiger charge is -2.37. The zero-order valence-electron chi connectivity index (χ0n) is 33.8. The molecule has 8 unspecified atom stereocenters. The largest absolute Gasteiger partial charge is 0.416 e. The minimum atomic E-state index is -1.87. The molecule has 1 saturated carbocycles. The van der Waals surface area contributed by atoms with E-state index >= 15 is 0 Å². The molecule has 52 heavy (non-hydrogen) atoms. The third-order valence-corrected chi connectivity index (χ3v) is 17.1. The van der Waals surface area contributed by atoms with E-state index < -0.39 is 8.32 Å². The first-order valence-electron chi connectivity index (χ1n) is 21.3. The van der Waals surface area contributed by atoms with E-state index in [4.69, 9.17) is 28.1 Å². The number of benzene rings is 1. The molecule has 7 heteroatoms. The summed E-state index contributed by atoms with van der Waals surface area (Å²) in [5.74, 6) is 1.86. The minimum Gasteiger partial charge on any atom is -0.416 e. The van der Waals surface area contributed by atoms with Gasteiger partial charge in [-0.2, -0.15) is 0 Å². The molecule has 4 aliphatic rings. The Bertz CT molecular complexity index is 1200. The van der Waals surface area contributed by atoms with Crippen LogP contribution in [0, 0.1) is 23.7 Å². The molecule has 1 aromatic rings. The van der Waals surface area contributed by atoms with Crippen LogP contribution in [0.1, 0.15) is 130 Å². The van der Waals surface area contributed by atoms with Crippen molar-refractivity contribution in [3.05, 3.63) is 59.7 Å². The first kappa shape index (κ1) is 41.8. The summed E-state index contributed by atoms with van der Waals surface area (Å²) in [4.78, 5) is 0. The van der Waals surface area contributed by atoms with E-state index in [2.05, 4.69) is 89.3 Å². The molecule has 0 bridgehead atoms. The van der Waals surface area contributed by atoms with Crippen LogP contribution in [0.5, 0.6) is 0 Å². The topological polar surface area (TPSA) is 55.4 Å². The Morgan fingerprint density at radius 2 is 1.63 bits per heavy atom. The van der Waals surface area contributed by atoms with Crippen LogP contribution >= 0.6 is 0 Å². The molecule has 0 N–H and O–H groups in total. The fourth-order valence-corrected chi connectivity index (χ4v) is 9.36. The Morgan fingerprint density at radius 3 is 2.33 bits per heavy atom. The van der Waals surface area contributed by atoms with Gasteiger partial charge in [-0.15, -0.1) is 0 Å². The summed E-state index contributed by atoms with van der Waals surface area (Å²) in [7, 11) is -1.87. The number of hydrogen-bond acceptors (Lipinski definition) is 6. The van der Waals surface area contributed by atoms with Crippen molar-refractivity contribution in [3.63, 3.8) is 0 Å². The quantitative estimate of drug-likeness (QED) is 0.0711. The highest BCUT2D eigenvalue weighted by Crippen LogP contribution is 2.51. The molecular formula is C45H74O6Si. The van der Waals surface area contributed by atoms with Gasteiger partial charge in [0.2, 0.25) is 0 Å². The van der Waals surface area contributed by atoms with Crippen molar-refractivity contribution < 1.29 is 28.1 Å². The van der Waals surface area contributed by atoms with Gasteiger partial charge in [-0.3, -0.25) is 0 Å². The average Bonchev–Trinajstić information content (AvgIpc) is 3.68. The molecule has 0 amide bonds. The summed E-state index contributed by atoms with van der Waals surface area (Å²) in [6.45, 7) is 18.1. The van der Waals surface area contributed by atoms with Crippen LogP contribution in [0.3, 0.4) is 0 Å². The van der Waals surface area contributed by atoms with Crippen molar-refractivity contribution in [2.45, 2.75) is 174 Å². The third kappa shape index (κ3) is 12.9. The smallest absolute Gasteiger partial charge is 0.192 e. The van der Waals surface area contributed by atoms with E-state index in [1.165, 1.54) is 37.7 Å². The summed E-state index contributed by atoms with van der Waals surface area (Å²) in [5, 5.41) is 0.198. The Kier molecular flexibility index (Phi) is 17.0. The van der Waals surface area contributed by atoms with Gasteiger partial charge in [0.15, 0.2) is 20.9 Å². The van der Waals surface area contributed by atoms with Crippen LogP contribution in [0.25, 0.3) is 0 Å². The Morgan fingerprint density at radius 1 is 0.904 bits per heavy atom. The van der Waals surface area contributed by atoms with Crippen molar-refractivity contribution >= 4 is 8.32 Å². The van der Waals surface area contributed by atoms with E-state index in [0.717, 1.165) is 90.6 Å². The molecule has 1 aromatic carbocycles. The lowest BCUT2D eigenvalue weighted by atomic mass is 9.91. The van der Waals surface area contributed by atoms with Crippen molar-refractivity contribution in [2.24, 2.45) is 23.7 Å². The molecule has 0 radical (unpaired) electrons. The molecule has 2 aliphatic carbocycles. The van der Waals surface area contributed by atoms with Crippen molar-refractivity contribution in [3.8, 4) is 0 Å². The number of allylic oxidation sites excluding steroid dienone is 1. The van der Waals surface area contributed by atoms with Gasteiger partial charge in [0, 0.05) is 38.3 Å². The summed E-state index contributed by atoms with van der Waals surface area (Å²) >= 11 is 0. The van der Waals surface area contributed by atoms with E-state index in [1.54, 1.807) is 5.57 Å². The number of unbranched alkanes of at least 4 members (excludes halogenated alkanes) is 3. The minimum absolute atomic E-state index is 0.0704. The standard InChI is InChI=1S/C45H74O6Si/c1-7-8-10-22-39(50-43-23-14-17-28-47-43)25-26-40-41-31-37(30-38(41)32-42(40)51-44-24-15-18-29-48-44)36(34-49-52(5,6)45(2,3)4)21-13-16-27-46-33-35-19-11-9-12-20-35/h9,11-12,19-20,25-26,31,36,38-44H,7-8,10,13-18,21-24,27-30,32-34H2,1-6H3. The zero-order valence-corrected chi connectivity index (χ0v) is 34.8. The molecular weight excluding hydrogens is 665 g/mol. The predicted octanol–water partition coefficient (Wildman–Crippen LogP) is 11.6. The Hall–Kier alpha value is -1.32. The summed E-state index contributed by atoms with van der Waals surface area (Å²) < 4.78 is 38.7. The van der Waals surface area contributed by atoms with Gasteiger partial charge in [0.05, 0.1) is 18.8 Å². The number of fused-ring (bicyclic) bond motifs is 1. The van der Waals surface area contributed by atoms with Crippen LogP contribution in [-0.2, 0) is 34.7 Å². The number of rotatable bonds is 21. The second kappa shape index (κ2) is 21.1. The number of hydrogen-bond donors (Lipinski definition) is 0. The zero-order chi connectivity index (χ0) is 36.8. The SMILES string of the molecule is CCCCCC(C=CC1C(OC2CCCCO2)CC2CC(C(CCCCOCc3ccccc3)CO[Si](C)(C)C(C)(C)C)=CC21)OC1CCCCO1. The second-order valence-electron chi connectivity index (χ2n) is 17.7. The van der Waals surface area contributed by atoms with Gasteiger partial charge in [-0.1, -0.05) is 108 Å². The fourth-order valence-electron chi connectivity index (χ4n) is 8.31. The van der Waals surface area contributed by atoms with E-state index in [-0.39, 0.29) is 29.8 Å². The molecule has 294 valence electrons. The molecule has 6 nitrogen and oxygen atoms in total. The maximum absolute atomic E-state index is 6.96. The third-order valence-electron chi connectivity index (χ3n) is 12.6. The first-order valence-corrected chi connectivity index (χ1v) is 24.2. The van der Waals surface area contributed by atoms with Gasteiger partial charge in [-0.25, -0.2) is 0 Å². The van der Waals surface area contributed by atoms with Crippen LogP contribution in [0.4, 0.5) is 0 Å². The van der Waals surface area contributed by atoms with Gasteiger partial charge in [-0.05, 0) is 106 Å². The highest BCUT2D eigenvalue weighted by atomic mass is 28.4. The maximum Gasteiger partial charge on any atom is 0.192 e. The van der Waals surface area contributed by atoms with Crippen molar-refractivity contribution in [2.75, 3.05) is 26.4 Å². The fraction of sp³-hybridized carbons (Fsp3) is 0.778. The maximum atomic E-state index is 6.96. The lowest BCUT2D eigenvalue weighted by molar-refractivity contribution is -0.192. The van der Waals surface area contributed by atoms with Crippen LogP contribution < -0.4 is 0 Å². The van der Waals surface area contributed by atoms with Crippen LogP contribution in [0.15, 0.2) is 54.1 Å². The van der Waals surface area contributed by atoms with Gasteiger partial charge >= 0.3 is 0 Å². The van der Waals surface area contributed by atoms with Crippen molar-refractivity contribution in [1.29, 1.82) is 0 Å². The van der Waals surface area contributed by atoms with Gasteiger partial charge < -0.3 is 28.1 Å². The molecule has 8 atom stereocenters. The highest BCUT2D eigenvalue weighted by Gasteiger charge is 2.47. The lowest BCUT2D eigenvalue weighted by Crippen LogP contribution is -2.42. The molecule has 5 rings (SSSR count). The van der Waals surface area contributed by atoms with Crippen LogP contribution in [-0.4, -0.2) is 59.5 Å². The Balaban J connectivity index is 1.29. The normalized spacial score (nSPS) is 28.2. The molecule has 0 aromatic heterocycles. The van der Waals surface area contributed by atoms with Gasteiger partial charge in [0.25, 0.3) is 0 Å². The number of ether oxygens (including phenoxy) is 5. The molecule has 3 fully saturated rings. The molecule has 2 heterocycles. The van der Waals surface area contributed by atoms with E-state index in [9.17, 15) is 0 Å². The summed E-state index contributed by atoms with van der Waals surface area (Å²) in [5.41, 5.74) is 2.86. The average molecular weight is 739 g/mol. The highest BCUT2D eigenvalue weighted by molar-refractivity contribution is 6.74. The van der Waals surface area contributed by atoms with E-state index in [0.29, 0.717) is 30.3 Å². The summed E-state index contributed by atoms with van der Waals surface area (Å²) in [6.07, 6.45) is 24.7. The molecule has 2 saturated heterocycles. The monoisotopic (exact) mass is 739 g/mol. The summed E-state index contributed by atoms with van der Waals surface area (Å²) in [6, 6.07) is 10.5. The Labute approximate surface area is 318 Å². The van der Waals surface area contributed by atoms with E-state index in [1.807, 2.05) is 0 Å².